The van der Waals surface area contributed by atoms with Crippen molar-refractivity contribution in [2.45, 2.75) is 25.8 Å². The van der Waals surface area contributed by atoms with Crippen LogP contribution in [0.1, 0.15) is 51.8 Å². The molecule has 1 fully saturated rings. The van der Waals surface area contributed by atoms with Gasteiger partial charge < -0.3 is 16.4 Å². The van der Waals surface area contributed by atoms with Crippen molar-refractivity contribution < 1.29 is 9.18 Å². The molecular weight excluding hydrogens is 517 g/mol. The number of hydrogen-bond donors (Lipinski definition) is 3. The van der Waals surface area contributed by atoms with Crippen LogP contribution in [0, 0.1) is 30.0 Å². The number of halogens is 1. The van der Waals surface area contributed by atoms with E-state index in [1.807, 2.05) is 42.5 Å². The number of carbonyl (C=O) groups is 1. The highest BCUT2D eigenvalue weighted by atomic mass is 19.1. The largest absolute Gasteiger partial charge is 0.383 e. The Labute approximate surface area is 236 Å². The summed E-state index contributed by atoms with van der Waals surface area (Å²) in [6.45, 7) is 2.60. The van der Waals surface area contributed by atoms with Crippen LogP contribution >= 0.6 is 0 Å². The molecule has 2 heterocycles. The fraction of sp³-hybridized carbons (Fsp3) is 0.188. The molecule has 1 atom stereocenters. The second kappa shape index (κ2) is 10.8. The number of aryl methyl sites for hydroxylation is 1. The number of nitrogens with one attached hydrogen (secondary N) is 2. The van der Waals surface area contributed by atoms with Crippen LogP contribution in [0.2, 0.25) is 0 Å². The van der Waals surface area contributed by atoms with E-state index in [1.165, 1.54) is 23.6 Å². The number of hydrogen-bond acceptors (Lipinski definition) is 6. The number of nitrogens with zero attached hydrogens (tertiary/aromatic N) is 4. The van der Waals surface area contributed by atoms with E-state index in [1.54, 1.807) is 37.4 Å². The normalized spacial score (nSPS) is 13.6. The van der Waals surface area contributed by atoms with E-state index in [9.17, 15) is 10.1 Å². The van der Waals surface area contributed by atoms with Gasteiger partial charge in [-0.15, -0.1) is 0 Å². The minimum Gasteiger partial charge on any atom is -0.383 e. The molecule has 1 aliphatic carbocycles. The van der Waals surface area contributed by atoms with E-state index in [0.29, 0.717) is 28.7 Å². The number of nitrogen functional groups attached to an aromatic ring is 1. The van der Waals surface area contributed by atoms with Crippen molar-refractivity contribution in [1.29, 1.82) is 5.26 Å². The number of aromatic nitrogens is 3. The Balaban J connectivity index is 1.32. The highest BCUT2D eigenvalue weighted by Gasteiger charge is 2.25. The first-order chi connectivity index (χ1) is 19.9. The average Bonchev–Trinajstić information content (AvgIpc) is 3.73. The zero-order valence-electron chi connectivity index (χ0n) is 22.4. The maximum atomic E-state index is 15.1. The first-order valence-corrected chi connectivity index (χ1v) is 13.4. The summed E-state index contributed by atoms with van der Waals surface area (Å²) < 4.78 is 16.6. The van der Waals surface area contributed by atoms with Gasteiger partial charge in [0.05, 0.1) is 34.7 Å². The van der Waals surface area contributed by atoms with E-state index in [4.69, 9.17) is 5.73 Å². The van der Waals surface area contributed by atoms with Gasteiger partial charge in [-0.1, -0.05) is 24.3 Å². The number of anilines is 2. The molecular formula is C32H28FN7O. The number of pyridine rings is 1. The lowest BCUT2D eigenvalue weighted by molar-refractivity contribution is 0.101. The molecule has 41 heavy (non-hydrogen) atoms. The molecule has 0 spiro atoms. The van der Waals surface area contributed by atoms with Crippen LogP contribution < -0.4 is 16.4 Å². The molecule has 0 aliphatic heterocycles. The number of benzene rings is 3. The Morgan fingerprint density at radius 1 is 1.12 bits per heavy atom. The molecule has 0 radical (unpaired) electrons. The molecule has 204 valence electrons. The predicted octanol–water partition coefficient (Wildman–Crippen LogP) is 5.66. The maximum Gasteiger partial charge on any atom is 0.274 e. The molecule has 1 saturated carbocycles. The zero-order chi connectivity index (χ0) is 28.5. The summed E-state index contributed by atoms with van der Waals surface area (Å²) in [5.74, 6) is -0.0691. The molecule has 4 N–H and O–H groups in total. The first kappa shape index (κ1) is 26.2. The SMILES string of the molecule is Cc1cc(C(=O)Nc2cc(C(NCC3CC3)c3cccc(C#N)c3)ccc2F)n(-c2ccc3ccnc(N)c3c2)n1. The molecule has 9 heteroatoms. The Morgan fingerprint density at radius 3 is 2.76 bits per heavy atom. The van der Waals surface area contributed by atoms with Crippen LogP contribution in [0.3, 0.4) is 0 Å². The van der Waals surface area contributed by atoms with Gasteiger partial charge in [0, 0.05) is 11.6 Å². The van der Waals surface area contributed by atoms with Gasteiger partial charge in [-0.2, -0.15) is 10.4 Å². The minimum atomic E-state index is -0.554. The van der Waals surface area contributed by atoms with Gasteiger partial charge in [-0.05, 0) is 97.3 Å². The van der Waals surface area contributed by atoms with Crippen molar-refractivity contribution in [3.63, 3.8) is 0 Å². The lowest BCUT2D eigenvalue weighted by Crippen LogP contribution is -2.25. The maximum absolute atomic E-state index is 15.1. The third kappa shape index (κ3) is 5.51. The number of fused-ring (bicyclic) bond motifs is 1. The minimum absolute atomic E-state index is 0.0551. The van der Waals surface area contributed by atoms with E-state index >= 15 is 4.39 Å². The highest BCUT2D eigenvalue weighted by molar-refractivity contribution is 6.04. The van der Waals surface area contributed by atoms with Gasteiger partial charge in [0.1, 0.15) is 17.3 Å². The molecule has 1 unspecified atom stereocenters. The molecule has 5 aromatic rings. The van der Waals surface area contributed by atoms with Crippen LogP contribution in [0.15, 0.2) is 79.0 Å². The topological polar surface area (TPSA) is 122 Å². The number of carbonyl (C=O) groups excluding carboxylic acids is 1. The molecule has 1 amide bonds. The Bertz CT molecular complexity index is 1820. The van der Waals surface area contributed by atoms with Crippen molar-refractivity contribution in [1.82, 2.24) is 20.1 Å². The van der Waals surface area contributed by atoms with Gasteiger partial charge in [0.15, 0.2) is 0 Å². The second-order valence-electron chi connectivity index (χ2n) is 10.4. The number of rotatable bonds is 8. The fourth-order valence-electron chi connectivity index (χ4n) is 5.00. The molecule has 0 bridgehead atoms. The highest BCUT2D eigenvalue weighted by Crippen LogP contribution is 2.32. The molecule has 8 nitrogen and oxygen atoms in total. The van der Waals surface area contributed by atoms with Gasteiger partial charge in [0.2, 0.25) is 0 Å². The third-order valence-electron chi connectivity index (χ3n) is 7.32. The van der Waals surface area contributed by atoms with Crippen LogP contribution in [-0.4, -0.2) is 27.2 Å². The smallest absolute Gasteiger partial charge is 0.274 e. The Morgan fingerprint density at radius 2 is 1.95 bits per heavy atom. The number of nitriles is 1. The van der Waals surface area contributed by atoms with Crippen LogP contribution in [0.4, 0.5) is 15.9 Å². The lowest BCUT2D eigenvalue weighted by Gasteiger charge is -2.21. The van der Waals surface area contributed by atoms with E-state index < -0.39 is 11.7 Å². The summed E-state index contributed by atoms with van der Waals surface area (Å²) in [5, 5.41) is 21.9. The van der Waals surface area contributed by atoms with Gasteiger partial charge in [0.25, 0.3) is 5.91 Å². The van der Waals surface area contributed by atoms with E-state index in [2.05, 4.69) is 26.8 Å². The van der Waals surface area contributed by atoms with Gasteiger partial charge >= 0.3 is 0 Å². The Kier molecular flexibility index (Phi) is 6.91. The van der Waals surface area contributed by atoms with Crippen molar-refractivity contribution in [3.8, 4) is 11.8 Å². The summed E-state index contributed by atoms with van der Waals surface area (Å²) in [5.41, 5.74) is 9.87. The van der Waals surface area contributed by atoms with Crippen molar-refractivity contribution >= 4 is 28.2 Å². The number of amides is 1. The summed E-state index contributed by atoms with van der Waals surface area (Å²) in [6, 6.07) is 23.1. The zero-order valence-corrected chi connectivity index (χ0v) is 22.4. The number of nitrogens with two attached hydrogens (primary N) is 1. The van der Waals surface area contributed by atoms with Gasteiger partial charge in [-0.3, -0.25) is 4.79 Å². The summed E-state index contributed by atoms with van der Waals surface area (Å²) >= 11 is 0. The second-order valence-corrected chi connectivity index (χ2v) is 10.4. The summed E-state index contributed by atoms with van der Waals surface area (Å²) in [6.07, 6.45) is 4.00. The van der Waals surface area contributed by atoms with E-state index in [-0.39, 0.29) is 17.4 Å². The van der Waals surface area contributed by atoms with Crippen LogP contribution in [0.25, 0.3) is 16.5 Å². The molecule has 2 aromatic heterocycles. The standard InChI is InChI=1S/C32H28FN7O/c1-19-13-29(40(39-19)25-9-7-22-11-12-36-31(35)26(22)16-25)32(41)38-28-15-24(8-10-27(28)33)30(37-18-20-5-6-20)23-4-2-3-21(14-23)17-34/h2-4,7-16,20,30,37H,5-6,18H2,1H3,(H2,35,36)(H,38,41). The van der Waals surface area contributed by atoms with Crippen molar-refractivity contribution in [3.05, 3.63) is 113 Å². The molecule has 0 saturated heterocycles. The lowest BCUT2D eigenvalue weighted by atomic mass is 9.96. The first-order valence-electron chi connectivity index (χ1n) is 13.4. The molecule has 3 aromatic carbocycles. The quantitative estimate of drug-likeness (QED) is 0.231. The van der Waals surface area contributed by atoms with E-state index in [0.717, 1.165) is 28.4 Å². The average molecular weight is 546 g/mol. The molecule has 1 aliphatic rings. The monoisotopic (exact) mass is 545 g/mol. The predicted molar refractivity (Wildman–Crippen MR) is 156 cm³/mol. The van der Waals surface area contributed by atoms with Gasteiger partial charge in [-0.25, -0.2) is 14.1 Å². The van der Waals surface area contributed by atoms with Crippen LogP contribution in [0.5, 0.6) is 0 Å². The third-order valence-corrected chi connectivity index (χ3v) is 7.32. The van der Waals surface area contributed by atoms with Crippen LogP contribution in [-0.2, 0) is 0 Å². The Hall–Kier alpha value is -5.07. The van der Waals surface area contributed by atoms with Crippen molar-refractivity contribution in [2.24, 2.45) is 5.92 Å². The summed E-state index contributed by atoms with van der Waals surface area (Å²) in [4.78, 5) is 17.7. The fourth-order valence-corrected chi connectivity index (χ4v) is 5.00. The molecule has 6 rings (SSSR count). The van der Waals surface area contributed by atoms with Crippen molar-refractivity contribution in [2.75, 3.05) is 17.6 Å². The summed E-state index contributed by atoms with van der Waals surface area (Å²) in [7, 11) is 0.